The van der Waals surface area contributed by atoms with Crippen molar-refractivity contribution < 1.29 is 9.18 Å². The first-order valence-electron chi connectivity index (χ1n) is 8.74. The van der Waals surface area contributed by atoms with Crippen molar-refractivity contribution >= 4 is 17.2 Å². The number of nitrogens with zero attached hydrogens (tertiary/aromatic N) is 3. The van der Waals surface area contributed by atoms with Crippen LogP contribution >= 0.6 is 0 Å². The molecule has 3 heterocycles. The minimum Gasteiger partial charge on any atom is -0.314 e. The zero-order valence-electron chi connectivity index (χ0n) is 15.1. The maximum Gasteiger partial charge on any atom is 0.152 e. The minimum atomic E-state index is -0.314. The van der Waals surface area contributed by atoms with Gasteiger partial charge in [0.15, 0.2) is 6.29 Å². The number of aromatic nitrogens is 3. The second-order valence-electron chi connectivity index (χ2n) is 6.74. The molecule has 0 aliphatic rings. The minimum absolute atomic E-state index is 0.235. The first kappa shape index (κ1) is 17.1. The summed E-state index contributed by atoms with van der Waals surface area (Å²) in [5.74, 6) is -0.0797. The van der Waals surface area contributed by atoms with Crippen molar-refractivity contribution in [1.82, 2.24) is 14.5 Å². The zero-order chi connectivity index (χ0) is 19.0. The molecule has 1 aromatic carbocycles. The average molecular weight is 359 g/mol. The normalized spacial score (nSPS) is 11.3. The fraction of sp³-hybridized carbons (Fsp3) is 0.136. The lowest BCUT2D eigenvalue weighted by atomic mass is 9.93. The molecule has 0 N–H and O–H groups in total. The molecule has 0 saturated carbocycles. The van der Waals surface area contributed by atoms with Gasteiger partial charge in [0.05, 0.1) is 17.4 Å². The summed E-state index contributed by atoms with van der Waals surface area (Å²) in [6.45, 7) is 4.16. The summed E-state index contributed by atoms with van der Waals surface area (Å²) in [7, 11) is 0. The van der Waals surface area contributed by atoms with Gasteiger partial charge in [-0.1, -0.05) is 13.8 Å². The fourth-order valence-corrected chi connectivity index (χ4v) is 3.44. The zero-order valence-corrected chi connectivity index (χ0v) is 15.1. The number of hydrogen-bond donors (Lipinski definition) is 0. The largest absolute Gasteiger partial charge is 0.314 e. The van der Waals surface area contributed by atoms with E-state index in [9.17, 15) is 9.18 Å². The van der Waals surface area contributed by atoms with Crippen LogP contribution in [0.15, 0.2) is 61.3 Å². The van der Waals surface area contributed by atoms with E-state index in [4.69, 9.17) is 0 Å². The number of aldehydes is 1. The Hall–Kier alpha value is -3.34. The number of fused-ring (bicyclic) bond motifs is 1. The molecule has 4 rings (SSSR count). The van der Waals surface area contributed by atoms with Crippen LogP contribution in [0.4, 0.5) is 4.39 Å². The smallest absolute Gasteiger partial charge is 0.152 e. The summed E-state index contributed by atoms with van der Waals surface area (Å²) in [4.78, 5) is 19.9. The second kappa shape index (κ2) is 6.76. The Bertz CT molecular complexity index is 1150. The molecule has 4 aromatic rings. The fourth-order valence-electron chi connectivity index (χ4n) is 3.44. The van der Waals surface area contributed by atoms with E-state index in [0.29, 0.717) is 5.56 Å². The van der Waals surface area contributed by atoms with Gasteiger partial charge in [-0.15, -0.1) is 0 Å². The summed E-state index contributed by atoms with van der Waals surface area (Å²) < 4.78 is 16.1. The molecule has 4 nitrogen and oxygen atoms in total. The third-order valence-electron chi connectivity index (χ3n) is 4.75. The number of hydrogen-bond acceptors (Lipinski definition) is 3. The Morgan fingerprint density at radius 2 is 1.81 bits per heavy atom. The van der Waals surface area contributed by atoms with Crippen molar-refractivity contribution in [2.24, 2.45) is 0 Å². The third-order valence-corrected chi connectivity index (χ3v) is 4.75. The molecule has 0 amide bonds. The van der Waals surface area contributed by atoms with Gasteiger partial charge in [-0.2, -0.15) is 0 Å². The molecule has 0 aliphatic carbocycles. The van der Waals surface area contributed by atoms with E-state index in [1.54, 1.807) is 30.9 Å². The van der Waals surface area contributed by atoms with Gasteiger partial charge < -0.3 is 4.57 Å². The first-order valence-corrected chi connectivity index (χ1v) is 8.74. The SMILES string of the molecule is CC(C)c1cnccc1-c1cc(F)ccc1-n1cc(C=O)c2ccncc21. The lowest BCUT2D eigenvalue weighted by Crippen LogP contribution is -2.00. The van der Waals surface area contributed by atoms with Crippen LogP contribution in [0.2, 0.25) is 0 Å². The number of pyridine rings is 2. The number of rotatable bonds is 4. The molecule has 0 bridgehead atoms. The summed E-state index contributed by atoms with van der Waals surface area (Å²) >= 11 is 0. The number of carbonyl (C=O) groups is 1. The van der Waals surface area contributed by atoms with Crippen LogP contribution in [0.3, 0.4) is 0 Å². The Morgan fingerprint density at radius 1 is 1.04 bits per heavy atom. The van der Waals surface area contributed by atoms with Crippen molar-refractivity contribution in [1.29, 1.82) is 0 Å². The van der Waals surface area contributed by atoms with Gasteiger partial charge in [0, 0.05) is 41.3 Å². The van der Waals surface area contributed by atoms with Gasteiger partial charge in [0.1, 0.15) is 5.82 Å². The van der Waals surface area contributed by atoms with Crippen LogP contribution in [0.1, 0.15) is 35.7 Å². The predicted molar refractivity (Wildman–Crippen MR) is 104 cm³/mol. The molecular formula is C22H18FN3O. The third kappa shape index (κ3) is 2.91. The Balaban J connectivity index is 2.04. The van der Waals surface area contributed by atoms with E-state index >= 15 is 0 Å². The van der Waals surface area contributed by atoms with E-state index < -0.39 is 0 Å². The van der Waals surface area contributed by atoms with Crippen LogP contribution in [-0.4, -0.2) is 20.8 Å². The lowest BCUT2D eigenvalue weighted by molar-refractivity contribution is 0.112. The van der Waals surface area contributed by atoms with Crippen molar-refractivity contribution in [2.75, 3.05) is 0 Å². The van der Waals surface area contributed by atoms with Gasteiger partial charge in [0.25, 0.3) is 0 Å². The van der Waals surface area contributed by atoms with E-state index in [0.717, 1.165) is 39.6 Å². The highest BCUT2D eigenvalue weighted by Gasteiger charge is 2.17. The van der Waals surface area contributed by atoms with E-state index in [1.807, 2.05) is 22.9 Å². The summed E-state index contributed by atoms with van der Waals surface area (Å²) in [6.07, 6.45) is 9.50. The van der Waals surface area contributed by atoms with E-state index in [2.05, 4.69) is 23.8 Å². The molecule has 0 saturated heterocycles. The van der Waals surface area contributed by atoms with E-state index in [-0.39, 0.29) is 11.7 Å². The molecular weight excluding hydrogens is 341 g/mol. The molecule has 134 valence electrons. The molecule has 27 heavy (non-hydrogen) atoms. The molecule has 0 fully saturated rings. The van der Waals surface area contributed by atoms with Gasteiger partial charge in [-0.25, -0.2) is 4.39 Å². The number of carbonyl (C=O) groups excluding carboxylic acids is 1. The highest BCUT2D eigenvalue weighted by molar-refractivity contribution is 5.98. The van der Waals surface area contributed by atoms with Crippen LogP contribution in [-0.2, 0) is 0 Å². The maximum absolute atomic E-state index is 14.2. The van der Waals surface area contributed by atoms with Crippen LogP contribution in [0.25, 0.3) is 27.7 Å². The van der Waals surface area contributed by atoms with Crippen LogP contribution in [0, 0.1) is 5.82 Å². The monoisotopic (exact) mass is 359 g/mol. The topological polar surface area (TPSA) is 47.8 Å². The predicted octanol–water partition coefficient (Wildman–Crippen LogP) is 5.16. The molecule has 0 spiro atoms. The molecule has 5 heteroatoms. The molecule has 0 unspecified atom stereocenters. The summed E-state index contributed by atoms with van der Waals surface area (Å²) in [5, 5.41) is 0.814. The van der Waals surface area contributed by atoms with Gasteiger partial charge in [0.2, 0.25) is 0 Å². The number of halogens is 1. The molecule has 0 radical (unpaired) electrons. The summed E-state index contributed by atoms with van der Waals surface area (Å²) in [5.41, 5.74) is 4.87. The lowest BCUT2D eigenvalue weighted by Gasteiger charge is -2.17. The van der Waals surface area contributed by atoms with Gasteiger partial charge in [-0.3, -0.25) is 14.8 Å². The molecule has 0 aliphatic heterocycles. The van der Waals surface area contributed by atoms with Crippen molar-refractivity contribution in [2.45, 2.75) is 19.8 Å². The summed E-state index contributed by atoms with van der Waals surface area (Å²) in [6, 6.07) is 8.40. The average Bonchev–Trinajstić information content (AvgIpc) is 3.06. The quantitative estimate of drug-likeness (QED) is 0.473. The Kier molecular flexibility index (Phi) is 4.28. The molecule has 0 atom stereocenters. The van der Waals surface area contributed by atoms with E-state index in [1.165, 1.54) is 12.1 Å². The van der Waals surface area contributed by atoms with Crippen LogP contribution < -0.4 is 0 Å². The highest BCUT2D eigenvalue weighted by Crippen LogP contribution is 2.35. The first-order chi connectivity index (χ1) is 13.1. The maximum atomic E-state index is 14.2. The standard InChI is InChI=1S/C22H18FN3O/c1-14(2)20-10-24-8-6-18(20)19-9-16(23)3-4-21(19)26-12-15(13-27)17-5-7-25-11-22(17)26/h3-14H,1-2H3. The van der Waals surface area contributed by atoms with Crippen LogP contribution in [0.5, 0.6) is 0 Å². The second-order valence-corrected chi connectivity index (χ2v) is 6.74. The number of benzene rings is 1. The van der Waals surface area contributed by atoms with Crippen molar-refractivity contribution in [3.8, 4) is 16.8 Å². The molecule has 3 aromatic heterocycles. The Labute approximate surface area is 156 Å². The van der Waals surface area contributed by atoms with Gasteiger partial charge >= 0.3 is 0 Å². The highest BCUT2D eigenvalue weighted by atomic mass is 19.1. The van der Waals surface area contributed by atoms with Gasteiger partial charge in [-0.05, 0) is 47.4 Å². The van der Waals surface area contributed by atoms with Crippen molar-refractivity contribution in [3.05, 3.63) is 78.3 Å². The Morgan fingerprint density at radius 3 is 2.59 bits per heavy atom. The van der Waals surface area contributed by atoms with Crippen molar-refractivity contribution in [3.63, 3.8) is 0 Å².